The zero-order valence-electron chi connectivity index (χ0n) is 7.79. The van der Waals surface area contributed by atoms with E-state index < -0.39 is 4.92 Å². The zero-order valence-corrected chi connectivity index (χ0v) is 10.7. The third-order valence-corrected chi connectivity index (χ3v) is 3.61. The number of nitrogens with zero attached hydrogens (tertiary/aromatic N) is 1. The Morgan fingerprint density at radius 2 is 2.20 bits per heavy atom. The Bertz CT molecular complexity index is 434. The Hall–Kier alpha value is -0.690. The minimum Gasteiger partial charge on any atom is -0.293 e. The van der Waals surface area contributed by atoms with Crippen LogP contribution in [0.3, 0.4) is 0 Å². The quantitative estimate of drug-likeness (QED) is 0.280. The molecule has 0 aliphatic rings. The lowest BCUT2D eigenvalue weighted by atomic mass is 10.1. The van der Waals surface area contributed by atoms with Crippen LogP contribution in [0.2, 0.25) is 0 Å². The number of nitro groups is 1. The number of hydrogen-bond donors (Lipinski definition) is 0. The maximum Gasteiger partial charge on any atom is 0.273 e. The van der Waals surface area contributed by atoms with Gasteiger partial charge in [0, 0.05) is 20.8 Å². The highest BCUT2D eigenvalue weighted by Crippen LogP contribution is 2.26. The van der Waals surface area contributed by atoms with E-state index in [4.69, 9.17) is 11.6 Å². The summed E-state index contributed by atoms with van der Waals surface area (Å²) < 4.78 is 0.590. The predicted molar refractivity (Wildman–Crippen MR) is 65.6 cm³/mol. The summed E-state index contributed by atoms with van der Waals surface area (Å²) in [5, 5.41) is 10.6. The average Bonchev–Trinajstić information content (AvgIpc) is 2.20. The van der Waals surface area contributed by atoms with Gasteiger partial charge in [-0.15, -0.1) is 11.6 Å². The van der Waals surface area contributed by atoms with E-state index in [9.17, 15) is 14.9 Å². The number of alkyl halides is 1. The molecule has 6 heteroatoms. The Labute approximate surface area is 105 Å². The first-order valence-corrected chi connectivity index (χ1v) is 5.63. The Morgan fingerprint density at radius 1 is 1.60 bits per heavy atom. The second-order valence-electron chi connectivity index (χ2n) is 2.89. The number of halogens is 2. The molecule has 1 aromatic rings. The van der Waals surface area contributed by atoms with Crippen molar-refractivity contribution in [2.75, 3.05) is 5.88 Å². The monoisotopic (exact) mass is 339 g/mol. The van der Waals surface area contributed by atoms with Crippen molar-refractivity contribution >= 4 is 45.7 Å². The van der Waals surface area contributed by atoms with Crippen LogP contribution in [-0.2, 0) is 0 Å². The summed E-state index contributed by atoms with van der Waals surface area (Å²) in [5.41, 5.74) is 0.954. The van der Waals surface area contributed by atoms with Crippen molar-refractivity contribution in [3.8, 4) is 0 Å². The van der Waals surface area contributed by atoms with Crippen LogP contribution in [0.4, 0.5) is 5.69 Å². The SMILES string of the molecule is Cc1c([N+](=O)[O-])ccc(C(=O)CCl)c1I. The molecule has 0 saturated heterocycles. The Balaban J connectivity index is 3.33. The zero-order chi connectivity index (χ0) is 11.6. The second-order valence-corrected chi connectivity index (χ2v) is 4.23. The van der Waals surface area contributed by atoms with Crippen LogP contribution in [0.15, 0.2) is 12.1 Å². The van der Waals surface area contributed by atoms with Gasteiger partial charge >= 0.3 is 0 Å². The van der Waals surface area contributed by atoms with E-state index in [0.717, 1.165) is 0 Å². The van der Waals surface area contributed by atoms with Crippen molar-refractivity contribution in [3.63, 3.8) is 0 Å². The van der Waals surface area contributed by atoms with E-state index in [0.29, 0.717) is 14.7 Å². The first-order chi connectivity index (χ1) is 6.99. The number of hydrogen-bond acceptors (Lipinski definition) is 3. The van der Waals surface area contributed by atoms with Gasteiger partial charge in [0.25, 0.3) is 5.69 Å². The molecule has 0 amide bonds. The van der Waals surface area contributed by atoms with Gasteiger partial charge in [0.05, 0.1) is 10.8 Å². The molecule has 1 aromatic carbocycles. The van der Waals surface area contributed by atoms with Crippen molar-refractivity contribution in [2.45, 2.75) is 6.92 Å². The van der Waals surface area contributed by atoms with Crippen LogP contribution >= 0.6 is 34.2 Å². The lowest BCUT2D eigenvalue weighted by Crippen LogP contribution is -2.05. The van der Waals surface area contributed by atoms with Crippen LogP contribution in [0.1, 0.15) is 15.9 Å². The smallest absolute Gasteiger partial charge is 0.273 e. The number of Topliss-reactive ketones (excluding diaryl/α,β-unsaturated/α-hetero) is 1. The molecule has 0 radical (unpaired) electrons. The molecule has 0 aliphatic carbocycles. The van der Waals surface area contributed by atoms with E-state index in [1.807, 2.05) is 22.6 Å². The predicted octanol–water partition coefficient (Wildman–Crippen LogP) is 2.93. The minimum atomic E-state index is -0.466. The summed E-state index contributed by atoms with van der Waals surface area (Å²) in [7, 11) is 0. The molecule has 0 unspecified atom stereocenters. The molecule has 0 heterocycles. The molecule has 0 atom stereocenters. The molecule has 80 valence electrons. The number of ketones is 1. The Morgan fingerprint density at radius 3 is 2.67 bits per heavy atom. The summed E-state index contributed by atoms with van der Waals surface area (Å²) in [5.74, 6) is -0.341. The van der Waals surface area contributed by atoms with Crippen molar-refractivity contribution in [1.29, 1.82) is 0 Å². The normalized spacial score (nSPS) is 10.1. The van der Waals surface area contributed by atoms with Gasteiger partial charge in [0.15, 0.2) is 5.78 Å². The second kappa shape index (κ2) is 4.89. The fraction of sp³-hybridized carbons (Fsp3) is 0.222. The molecule has 15 heavy (non-hydrogen) atoms. The first-order valence-electron chi connectivity index (χ1n) is 4.01. The van der Waals surface area contributed by atoms with Gasteiger partial charge in [0.2, 0.25) is 0 Å². The standard InChI is InChI=1S/C9H7ClINO3/c1-5-7(12(14)15)3-2-6(9(5)11)8(13)4-10/h2-3H,4H2,1H3. The third-order valence-electron chi connectivity index (χ3n) is 1.98. The summed E-state index contributed by atoms with van der Waals surface area (Å²) in [6, 6.07) is 2.77. The van der Waals surface area contributed by atoms with E-state index in [2.05, 4.69) is 0 Å². The largest absolute Gasteiger partial charge is 0.293 e. The molecule has 0 N–H and O–H groups in total. The van der Waals surface area contributed by atoms with Crippen LogP contribution in [-0.4, -0.2) is 16.6 Å². The van der Waals surface area contributed by atoms with Crippen LogP contribution in [0.25, 0.3) is 0 Å². The number of carbonyl (C=O) groups excluding carboxylic acids is 1. The highest BCUT2D eigenvalue weighted by molar-refractivity contribution is 14.1. The number of rotatable bonds is 3. The molecule has 1 rings (SSSR count). The van der Waals surface area contributed by atoms with E-state index in [1.54, 1.807) is 6.92 Å². The van der Waals surface area contributed by atoms with Gasteiger partial charge in [-0.1, -0.05) is 0 Å². The molecular weight excluding hydrogens is 332 g/mol. The van der Waals surface area contributed by atoms with Gasteiger partial charge in [-0.2, -0.15) is 0 Å². The van der Waals surface area contributed by atoms with Gasteiger partial charge < -0.3 is 0 Å². The third kappa shape index (κ3) is 2.46. The van der Waals surface area contributed by atoms with E-state index >= 15 is 0 Å². The van der Waals surface area contributed by atoms with Crippen LogP contribution in [0.5, 0.6) is 0 Å². The van der Waals surface area contributed by atoms with Crippen molar-refractivity contribution in [3.05, 3.63) is 36.9 Å². The van der Waals surface area contributed by atoms with Gasteiger partial charge in [-0.05, 0) is 35.6 Å². The lowest BCUT2D eigenvalue weighted by molar-refractivity contribution is -0.385. The highest BCUT2D eigenvalue weighted by atomic mass is 127. The number of carbonyl (C=O) groups is 1. The molecule has 0 bridgehead atoms. The van der Waals surface area contributed by atoms with Gasteiger partial charge in [0.1, 0.15) is 0 Å². The van der Waals surface area contributed by atoms with Crippen LogP contribution in [0, 0.1) is 20.6 Å². The molecular formula is C9H7ClINO3. The van der Waals surface area contributed by atoms with Crippen molar-refractivity contribution in [2.24, 2.45) is 0 Å². The fourth-order valence-electron chi connectivity index (χ4n) is 1.16. The lowest BCUT2D eigenvalue weighted by Gasteiger charge is -2.05. The average molecular weight is 340 g/mol. The molecule has 0 spiro atoms. The first kappa shape index (κ1) is 12.4. The topological polar surface area (TPSA) is 60.2 Å². The Kier molecular flexibility index (Phi) is 4.04. The minimum absolute atomic E-state index is 0.0190. The molecule has 0 aromatic heterocycles. The van der Waals surface area contributed by atoms with Gasteiger partial charge in [-0.25, -0.2) is 0 Å². The molecule has 0 aliphatic heterocycles. The summed E-state index contributed by atoms with van der Waals surface area (Å²) in [6.45, 7) is 1.62. The summed E-state index contributed by atoms with van der Waals surface area (Å²) in [6.07, 6.45) is 0. The van der Waals surface area contributed by atoms with Crippen molar-refractivity contribution in [1.82, 2.24) is 0 Å². The maximum atomic E-state index is 11.4. The fourth-order valence-corrected chi connectivity index (χ4v) is 2.06. The molecule has 4 nitrogen and oxygen atoms in total. The van der Waals surface area contributed by atoms with Crippen LogP contribution < -0.4 is 0 Å². The maximum absolute atomic E-state index is 11.4. The van der Waals surface area contributed by atoms with E-state index in [1.165, 1.54) is 12.1 Å². The van der Waals surface area contributed by atoms with E-state index in [-0.39, 0.29) is 17.4 Å². The number of benzene rings is 1. The molecule has 0 saturated carbocycles. The van der Waals surface area contributed by atoms with Crippen molar-refractivity contribution < 1.29 is 9.72 Å². The summed E-state index contributed by atoms with van der Waals surface area (Å²) >= 11 is 7.34. The van der Waals surface area contributed by atoms with Gasteiger partial charge in [-0.3, -0.25) is 14.9 Å². The molecule has 0 fully saturated rings. The number of nitro benzene ring substituents is 1. The highest BCUT2D eigenvalue weighted by Gasteiger charge is 2.18. The summed E-state index contributed by atoms with van der Waals surface area (Å²) in [4.78, 5) is 21.5.